The van der Waals surface area contributed by atoms with E-state index in [4.69, 9.17) is 10.5 Å². The van der Waals surface area contributed by atoms with Crippen molar-refractivity contribution in [1.82, 2.24) is 0 Å². The SMILES string of the molecule is Cc1c(C(C)C)ccc2ccccc12.OO. The van der Waals surface area contributed by atoms with Crippen molar-refractivity contribution >= 4 is 10.8 Å². The van der Waals surface area contributed by atoms with Gasteiger partial charge in [-0.05, 0) is 34.7 Å². The highest BCUT2D eigenvalue weighted by Crippen LogP contribution is 2.26. The maximum Gasteiger partial charge on any atom is -0.0152 e. The van der Waals surface area contributed by atoms with Crippen LogP contribution in [0.5, 0.6) is 0 Å². The van der Waals surface area contributed by atoms with Crippen LogP contribution in [0.2, 0.25) is 0 Å². The van der Waals surface area contributed by atoms with Crippen molar-refractivity contribution in [3.05, 3.63) is 47.5 Å². The molecule has 0 saturated carbocycles. The van der Waals surface area contributed by atoms with E-state index in [0.717, 1.165) is 0 Å². The molecule has 0 saturated heterocycles. The molecule has 0 bridgehead atoms. The smallest absolute Gasteiger partial charge is 0.0152 e. The summed E-state index contributed by atoms with van der Waals surface area (Å²) in [6.45, 7) is 6.71. The van der Waals surface area contributed by atoms with Crippen LogP contribution in [0.15, 0.2) is 36.4 Å². The van der Waals surface area contributed by atoms with Crippen LogP contribution in [0, 0.1) is 6.92 Å². The molecule has 0 aliphatic carbocycles. The Balaban J connectivity index is 0.000000606. The van der Waals surface area contributed by atoms with Crippen LogP contribution in [0.4, 0.5) is 0 Å². The van der Waals surface area contributed by atoms with Crippen molar-refractivity contribution in [3.63, 3.8) is 0 Å². The zero-order valence-electron chi connectivity index (χ0n) is 9.94. The summed E-state index contributed by atoms with van der Waals surface area (Å²) in [6.07, 6.45) is 0. The van der Waals surface area contributed by atoms with Gasteiger partial charge in [0.1, 0.15) is 0 Å². The van der Waals surface area contributed by atoms with Gasteiger partial charge in [-0.3, -0.25) is 10.5 Å². The summed E-state index contributed by atoms with van der Waals surface area (Å²) in [6, 6.07) is 13.1. The monoisotopic (exact) mass is 218 g/mol. The van der Waals surface area contributed by atoms with Gasteiger partial charge in [0.2, 0.25) is 0 Å². The lowest BCUT2D eigenvalue weighted by atomic mass is 9.93. The highest BCUT2D eigenvalue weighted by atomic mass is 17.0. The fourth-order valence-corrected chi connectivity index (χ4v) is 2.07. The van der Waals surface area contributed by atoms with E-state index in [1.165, 1.54) is 21.9 Å². The molecule has 0 aliphatic rings. The zero-order chi connectivity index (χ0) is 12.1. The molecule has 0 aliphatic heterocycles. The lowest BCUT2D eigenvalue weighted by Crippen LogP contribution is -1.92. The third-order valence-electron chi connectivity index (χ3n) is 2.86. The molecule has 2 rings (SSSR count). The molecular weight excluding hydrogens is 200 g/mol. The van der Waals surface area contributed by atoms with Gasteiger partial charge in [0.15, 0.2) is 0 Å². The minimum Gasteiger partial charge on any atom is -0.255 e. The first kappa shape index (κ1) is 12.7. The van der Waals surface area contributed by atoms with Crippen LogP contribution < -0.4 is 0 Å². The molecule has 0 aromatic heterocycles. The Morgan fingerprint density at radius 1 is 0.938 bits per heavy atom. The molecule has 0 unspecified atom stereocenters. The molecular formula is C14H18O2. The number of rotatable bonds is 1. The largest absolute Gasteiger partial charge is 0.255 e. The average molecular weight is 218 g/mol. The summed E-state index contributed by atoms with van der Waals surface area (Å²) >= 11 is 0. The molecule has 0 spiro atoms. The number of fused-ring (bicyclic) bond motifs is 1. The Morgan fingerprint density at radius 2 is 1.56 bits per heavy atom. The Morgan fingerprint density at radius 3 is 2.19 bits per heavy atom. The van der Waals surface area contributed by atoms with Gasteiger partial charge < -0.3 is 0 Å². The minimum absolute atomic E-state index is 0.611. The van der Waals surface area contributed by atoms with E-state index in [2.05, 4.69) is 57.2 Å². The first-order chi connectivity index (χ1) is 7.70. The first-order valence-corrected chi connectivity index (χ1v) is 5.38. The van der Waals surface area contributed by atoms with Crippen molar-refractivity contribution in [3.8, 4) is 0 Å². The average Bonchev–Trinajstić information content (AvgIpc) is 2.32. The molecule has 0 amide bonds. The maximum absolute atomic E-state index is 6.00. The van der Waals surface area contributed by atoms with E-state index in [1.54, 1.807) is 0 Å². The summed E-state index contributed by atoms with van der Waals surface area (Å²) in [5, 5.41) is 14.7. The topological polar surface area (TPSA) is 40.5 Å². The lowest BCUT2D eigenvalue weighted by Gasteiger charge is -2.12. The summed E-state index contributed by atoms with van der Waals surface area (Å²) in [5.41, 5.74) is 2.89. The van der Waals surface area contributed by atoms with E-state index in [9.17, 15) is 0 Å². The second-order valence-corrected chi connectivity index (χ2v) is 4.16. The van der Waals surface area contributed by atoms with Gasteiger partial charge in [0.25, 0.3) is 0 Å². The summed E-state index contributed by atoms with van der Waals surface area (Å²) in [7, 11) is 0. The number of hydrogen-bond donors (Lipinski definition) is 2. The first-order valence-electron chi connectivity index (χ1n) is 5.38. The van der Waals surface area contributed by atoms with Gasteiger partial charge in [0.05, 0.1) is 0 Å². The van der Waals surface area contributed by atoms with Crippen LogP contribution in [-0.4, -0.2) is 10.5 Å². The van der Waals surface area contributed by atoms with E-state index >= 15 is 0 Å². The van der Waals surface area contributed by atoms with Crippen molar-refractivity contribution in [2.75, 3.05) is 0 Å². The van der Waals surface area contributed by atoms with Crippen LogP contribution in [0.3, 0.4) is 0 Å². The van der Waals surface area contributed by atoms with Gasteiger partial charge in [0, 0.05) is 0 Å². The number of aryl methyl sites for hydroxylation is 1. The highest BCUT2D eigenvalue weighted by molar-refractivity contribution is 5.86. The number of hydrogen-bond acceptors (Lipinski definition) is 2. The van der Waals surface area contributed by atoms with E-state index < -0.39 is 0 Å². The van der Waals surface area contributed by atoms with E-state index in [-0.39, 0.29) is 0 Å². The Hall–Kier alpha value is -1.38. The number of benzene rings is 2. The Labute approximate surface area is 96.1 Å². The molecule has 86 valence electrons. The quantitative estimate of drug-likeness (QED) is 0.553. The van der Waals surface area contributed by atoms with Gasteiger partial charge in [-0.15, -0.1) is 0 Å². The van der Waals surface area contributed by atoms with E-state index in [0.29, 0.717) is 5.92 Å². The standard InChI is InChI=1S/C14H16.H2O2/c1-10(2)13-9-8-12-6-4-5-7-14(12)11(13)3;1-2/h4-10H,1-3H3;1-2H. The van der Waals surface area contributed by atoms with Crippen LogP contribution in [-0.2, 0) is 0 Å². The molecule has 2 heteroatoms. The van der Waals surface area contributed by atoms with Crippen molar-refractivity contribution in [2.45, 2.75) is 26.7 Å². The second kappa shape index (κ2) is 5.64. The summed E-state index contributed by atoms with van der Waals surface area (Å²) < 4.78 is 0. The molecule has 2 nitrogen and oxygen atoms in total. The third kappa shape index (κ3) is 2.40. The predicted molar refractivity (Wildman–Crippen MR) is 68.0 cm³/mol. The Bertz CT molecular complexity index is 461. The molecule has 0 fully saturated rings. The normalized spacial score (nSPS) is 10.1. The fourth-order valence-electron chi connectivity index (χ4n) is 2.07. The predicted octanol–water partition coefficient (Wildman–Crippen LogP) is 4.29. The highest BCUT2D eigenvalue weighted by Gasteiger charge is 2.05. The molecule has 2 aromatic rings. The van der Waals surface area contributed by atoms with Crippen LogP contribution in [0.1, 0.15) is 30.9 Å². The molecule has 0 radical (unpaired) electrons. The minimum atomic E-state index is 0.611. The van der Waals surface area contributed by atoms with Gasteiger partial charge in [-0.1, -0.05) is 50.2 Å². The Kier molecular flexibility index (Phi) is 4.47. The van der Waals surface area contributed by atoms with Crippen LogP contribution in [0.25, 0.3) is 10.8 Å². The molecule has 2 N–H and O–H groups in total. The molecule has 0 heterocycles. The van der Waals surface area contributed by atoms with Gasteiger partial charge in [-0.25, -0.2) is 0 Å². The van der Waals surface area contributed by atoms with Gasteiger partial charge in [-0.2, -0.15) is 0 Å². The summed E-state index contributed by atoms with van der Waals surface area (Å²) in [4.78, 5) is 0. The maximum atomic E-state index is 6.00. The van der Waals surface area contributed by atoms with Crippen molar-refractivity contribution in [2.24, 2.45) is 0 Å². The third-order valence-corrected chi connectivity index (χ3v) is 2.86. The van der Waals surface area contributed by atoms with E-state index in [1.807, 2.05) is 0 Å². The molecule has 2 aromatic carbocycles. The zero-order valence-corrected chi connectivity index (χ0v) is 9.94. The van der Waals surface area contributed by atoms with Crippen molar-refractivity contribution in [1.29, 1.82) is 0 Å². The summed E-state index contributed by atoms with van der Waals surface area (Å²) in [5.74, 6) is 0.611. The lowest BCUT2D eigenvalue weighted by molar-refractivity contribution is -0.176. The van der Waals surface area contributed by atoms with Gasteiger partial charge >= 0.3 is 0 Å². The molecule has 16 heavy (non-hydrogen) atoms. The molecule has 0 atom stereocenters. The second-order valence-electron chi connectivity index (χ2n) is 4.16. The van der Waals surface area contributed by atoms with Crippen LogP contribution >= 0.6 is 0 Å². The fraction of sp³-hybridized carbons (Fsp3) is 0.286. The van der Waals surface area contributed by atoms with Crippen molar-refractivity contribution < 1.29 is 10.5 Å².